The molecule has 0 bridgehead atoms. The Kier molecular flexibility index (Phi) is 4.11. The SMILES string of the molecule is FC(F)(F)C(F)(F)CI(Cl)Cl. The first kappa shape index (κ1) is 12.0. The quantitative estimate of drug-likeness (QED) is 0.408. The molecular formula is C3H2Cl2F5I. The van der Waals surface area contributed by atoms with Crippen LogP contribution in [0.15, 0.2) is 0 Å². The summed E-state index contributed by atoms with van der Waals surface area (Å²) >= 11 is -3.08. The molecule has 0 spiro atoms. The van der Waals surface area contributed by atoms with Crippen molar-refractivity contribution in [2.24, 2.45) is 0 Å². The number of hydrogen-bond acceptors (Lipinski definition) is 0. The van der Waals surface area contributed by atoms with Crippen LogP contribution in [-0.2, 0) is 0 Å². The average Bonchev–Trinajstić information content (AvgIpc) is 1.56. The Morgan fingerprint density at radius 1 is 1.00 bits per heavy atom. The van der Waals surface area contributed by atoms with Gasteiger partial charge in [0.2, 0.25) is 0 Å². The van der Waals surface area contributed by atoms with Gasteiger partial charge in [-0.3, -0.25) is 0 Å². The average molecular weight is 331 g/mol. The van der Waals surface area contributed by atoms with Gasteiger partial charge in [0.05, 0.1) is 0 Å². The Morgan fingerprint density at radius 3 is 1.45 bits per heavy atom. The summed E-state index contributed by atoms with van der Waals surface area (Å²) in [5, 5.41) is 0. The van der Waals surface area contributed by atoms with Crippen LogP contribution in [0.25, 0.3) is 0 Å². The summed E-state index contributed by atoms with van der Waals surface area (Å²) in [4.78, 5) is 0. The van der Waals surface area contributed by atoms with E-state index >= 15 is 0 Å². The van der Waals surface area contributed by atoms with Crippen molar-refractivity contribution in [3.05, 3.63) is 0 Å². The van der Waals surface area contributed by atoms with E-state index in [0.717, 1.165) is 0 Å². The summed E-state index contributed by atoms with van der Waals surface area (Å²) in [5.41, 5.74) is 0. The van der Waals surface area contributed by atoms with Crippen molar-refractivity contribution in [3.8, 4) is 0 Å². The second kappa shape index (κ2) is 3.78. The zero-order chi connectivity index (χ0) is 9.28. The van der Waals surface area contributed by atoms with E-state index in [-0.39, 0.29) is 0 Å². The van der Waals surface area contributed by atoms with Crippen LogP contribution in [0.5, 0.6) is 0 Å². The van der Waals surface area contributed by atoms with Gasteiger partial charge in [-0.2, -0.15) is 0 Å². The molecule has 11 heavy (non-hydrogen) atoms. The van der Waals surface area contributed by atoms with Crippen LogP contribution in [0.3, 0.4) is 0 Å². The molecule has 0 aromatic carbocycles. The Morgan fingerprint density at radius 2 is 1.36 bits per heavy atom. The van der Waals surface area contributed by atoms with Gasteiger partial charge in [-0.1, -0.05) is 0 Å². The van der Waals surface area contributed by atoms with Crippen molar-refractivity contribution in [1.82, 2.24) is 0 Å². The van der Waals surface area contributed by atoms with Crippen LogP contribution >= 0.6 is 35.4 Å². The first-order valence-corrected chi connectivity index (χ1v) is 9.09. The molecule has 0 aromatic rings. The minimum absolute atomic E-state index is 1.45. The standard InChI is InChI=1S/C3H2Cl2F5I/c4-11(5)1-2(6,7)3(8,9)10/h1H2. The van der Waals surface area contributed by atoms with E-state index < -0.39 is 34.1 Å². The molecule has 8 heteroatoms. The Hall–Kier alpha value is 0.960. The van der Waals surface area contributed by atoms with Gasteiger partial charge >= 0.3 is 73.9 Å². The van der Waals surface area contributed by atoms with Gasteiger partial charge in [0.25, 0.3) is 0 Å². The molecule has 0 saturated carbocycles. The van der Waals surface area contributed by atoms with E-state index in [1.807, 2.05) is 0 Å². The van der Waals surface area contributed by atoms with Gasteiger partial charge in [-0.25, -0.2) is 0 Å². The summed E-state index contributed by atoms with van der Waals surface area (Å²) in [6.07, 6.45) is -5.54. The molecule has 0 aliphatic carbocycles. The summed E-state index contributed by atoms with van der Waals surface area (Å²) < 4.78 is 56.5. The summed E-state index contributed by atoms with van der Waals surface area (Å²) in [6.45, 7) is 0. The van der Waals surface area contributed by atoms with E-state index in [1.54, 1.807) is 0 Å². The predicted molar refractivity (Wildman–Crippen MR) is 41.6 cm³/mol. The second-order valence-electron chi connectivity index (χ2n) is 1.59. The number of hydrogen-bond donors (Lipinski definition) is 0. The monoisotopic (exact) mass is 330 g/mol. The maximum atomic E-state index is 11.9. The second-order valence-corrected chi connectivity index (χ2v) is 9.42. The molecule has 0 N–H and O–H groups in total. The van der Waals surface area contributed by atoms with Crippen molar-refractivity contribution in [2.45, 2.75) is 12.1 Å². The molecule has 0 atom stereocenters. The summed E-state index contributed by atoms with van der Waals surface area (Å²) in [7, 11) is 9.82. The molecule has 0 heterocycles. The topological polar surface area (TPSA) is 0 Å². The van der Waals surface area contributed by atoms with Gasteiger partial charge in [-0.05, 0) is 0 Å². The Labute approximate surface area is 73.8 Å². The van der Waals surface area contributed by atoms with E-state index in [4.69, 9.17) is 17.8 Å². The maximum absolute atomic E-state index is 11.9. The molecular weight excluding hydrogens is 329 g/mol. The zero-order valence-corrected chi connectivity index (χ0v) is 8.40. The third kappa shape index (κ3) is 3.93. The number of rotatable bonds is 2. The molecule has 0 aliphatic rings. The molecule has 0 saturated heterocycles. The van der Waals surface area contributed by atoms with Crippen LogP contribution in [0.4, 0.5) is 22.0 Å². The van der Waals surface area contributed by atoms with Crippen LogP contribution in [0.2, 0.25) is 0 Å². The normalized spacial score (nSPS) is 15.0. The third-order valence-electron chi connectivity index (χ3n) is 0.684. The van der Waals surface area contributed by atoms with Crippen LogP contribution in [0, 0.1) is 0 Å². The van der Waals surface area contributed by atoms with Crippen molar-refractivity contribution in [3.63, 3.8) is 0 Å². The number of halogens is 8. The van der Waals surface area contributed by atoms with Crippen LogP contribution in [-0.4, -0.2) is 16.5 Å². The molecule has 0 nitrogen and oxygen atoms in total. The molecule has 0 radical (unpaired) electrons. The van der Waals surface area contributed by atoms with Gasteiger partial charge in [0, 0.05) is 0 Å². The fraction of sp³-hybridized carbons (Fsp3) is 1.00. The first-order chi connectivity index (χ1) is 4.67. The number of alkyl halides is 6. The molecule has 0 rings (SSSR count). The fourth-order valence-electron chi connectivity index (χ4n) is 0.203. The Balaban J connectivity index is 4.22. The van der Waals surface area contributed by atoms with Crippen molar-refractivity contribution < 1.29 is 22.0 Å². The molecule has 0 fully saturated rings. The fourth-order valence-corrected chi connectivity index (χ4v) is 3.06. The minimum atomic E-state index is -5.54. The molecule has 0 aliphatic heterocycles. The van der Waals surface area contributed by atoms with Gasteiger partial charge in [0.15, 0.2) is 0 Å². The van der Waals surface area contributed by atoms with Crippen molar-refractivity contribution in [2.75, 3.05) is 4.43 Å². The Bertz CT molecular complexity index is 132. The van der Waals surface area contributed by atoms with E-state index in [9.17, 15) is 22.0 Å². The van der Waals surface area contributed by atoms with Gasteiger partial charge < -0.3 is 0 Å². The van der Waals surface area contributed by atoms with E-state index in [1.165, 1.54) is 0 Å². The summed E-state index contributed by atoms with van der Waals surface area (Å²) in [5.74, 6) is -4.73. The molecule has 0 unspecified atom stereocenters. The molecule has 70 valence electrons. The van der Waals surface area contributed by atoms with Crippen LogP contribution < -0.4 is 0 Å². The van der Waals surface area contributed by atoms with E-state index in [2.05, 4.69) is 0 Å². The van der Waals surface area contributed by atoms with Gasteiger partial charge in [-0.15, -0.1) is 0 Å². The van der Waals surface area contributed by atoms with Crippen LogP contribution in [0.1, 0.15) is 0 Å². The predicted octanol–water partition coefficient (Wildman–Crippen LogP) is 4.00. The molecule has 0 amide bonds. The first-order valence-electron chi connectivity index (χ1n) is 2.10. The zero-order valence-electron chi connectivity index (χ0n) is 4.73. The van der Waals surface area contributed by atoms with Crippen molar-refractivity contribution >= 4 is 35.4 Å². The molecule has 0 aromatic heterocycles. The van der Waals surface area contributed by atoms with Crippen molar-refractivity contribution in [1.29, 1.82) is 0 Å². The third-order valence-corrected chi connectivity index (χ3v) is 3.57. The van der Waals surface area contributed by atoms with E-state index in [0.29, 0.717) is 0 Å². The van der Waals surface area contributed by atoms with Gasteiger partial charge in [0.1, 0.15) is 0 Å². The summed E-state index contributed by atoms with van der Waals surface area (Å²) in [6, 6.07) is 0.